The largest absolute Gasteiger partial charge is 0.394 e. The zero-order valence-electron chi connectivity index (χ0n) is 29.0. The van der Waals surface area contributed by atoms with E-state index < -0.39 is 167 Å². The Labute approximate surface area is 310 Å². The minimum atomic E-state index is -2.05. The number of hydrogen-bond donors (Lipinski definition) is 15. The smallest absolute Gasteiger partial charge is 0.224 e. The van der Waals surface area contributed by atoms with Crippen LogP contribution < -0.4 is 0 Å². The highest BCUT2D eigenvalue weighted by Crippen LogP contribution is 2.46. The van der Waals surface area contributed by atoms with Crippen LogP contribution in [0, 0.1) is 0 Å². The molecule has 0 aromatic carbocycles. The zero-order valence-corrected chi connectivity index (χ0v) is 29.0. The summed E-state index contributed by atoms with van der Waals surface area (Å²) in [6, 6.07) is 0. The van der Waals surface area contributed by atoms with Crippen LogP contribution in [-0.4, -0.2) is 263 Å². The van der Waals surface area contributed by atoms with Crippen molar-refractivity contribution in [2.24, 2.45) is 0 Å². The summed E-state index contributed by atoms with van der Waals surface area (Å²) in [5, 5.41) is 144. The molecule has 2 spiro atoms. The quantitative estimate of drug-likeness (QED) is 0.123. The monoisotopic (exact) mass is 810 g/mol. The molecule has 0 saturated carbocycles. The molecule has 0 aromatic rings. The molecule has 0 unspecified atom stereocenters. The van der Waals surface area contributed by atoms with Crippen LogP contribution in [0.1, 0.15) is 0 Å². The van der Waals surface area contributed by atoms with Crippen molar-refractivity contribution < 1.29 is 124 Å². The van der Waals surface area contributed by atoms with Crippen molar-refractivity contribution in [3.63, 3.8) is 0 Å². The highest BCUT2D eigenvalue weighted by atomic mass is 16.9. The number of ketones is 1. The average Bonchev–Trinajstić information content (AvgIpc) is 3.66. The second kappa shape index (κ2) is 17.5. The van der Waals surface area contributed by atoms with E-state index in [1.807, 2.05) is 0 Å². The van der Waals surface area contributed by atoms with Gasteiger partial charge in [-0.25, -0.2) is 0 Å². The first kappa shape index (κ1) is 44.8. The topological polar surface area (TPSA) is 404 Å². The van der Waals surface area contributed by atoms with Crippen LogP contribution >= 0.6 is 0 Å². The molecule has 0 radical (unpaired) electrons. The van der Waals surface area contributed by atoms with Crippen LogP contribution in [0.25, 0.3) is 0 Å². The summed E-state index contributed by atoms with van der Waals surface area (Å²) in [6.45, 7) is -4.17. The second-order valence-electron chi connectivity index (χ2n) is 14.0. The number of aliphatic hydroxyl groups excluding tert-OH is 13. The predicted octanol–water partition coefficient (Wildman–Crippen LogP) is -11.0. The molecular formula is C30H50O25. The van der Waals surface area contributed by atoms with Gasteiger partial charge in [0.25, 0.3) is 0 Å². The molecule has 0 aliphatic carbocycles. The first-order chi connectivity index (χ1) is 25.9. The predicted molar refractivity (Wildman–Crippen MR) is 164 cm³/mol. The SMILES string of the molecule is O=C1CO[C@H](CO)[C@@H](O)[C@@H]1O.OC[C@H]1OC[C@@]2(O[C@H]3[C@H](O)[C@@H](CO)OC[C@@]3(O)O2)[C@@H](O)[C@@H]1O.OC[C@H]1OC[C@]2(O[C@H]3[C@H](O)[C@@H](CO)OC[C@@]3(O)O2)[C@@H](O)[C@@H]1O. The summed E-state index contributed by atoms with van der Waals surface area (Å²) in [7, 11) is 0. The van der Waals surface area contributed by atoms with E-state index in [1.165, 1.54) is 0 Å². The zero-order chi connectivity index (χ0) is 40.7. The molecule has 7 heterocycles. The number of aliphatic hydroxyl groups is 15. The normalized spacial score (nSPS) is 52.1. The van der Waals surface area contributed by atoms with E-state index in [-0.39, 0.29) is 19.8 Å². The van der Waals surface area contributed by atoms with Gasteiger partial charge >= 0.3 is 0 Å². The first-order valence-electron chi connectivity index (χ1n) is 17.2. The molecular weight excluding hydrogens is 760 g/mol. The number of Topliss-reactive ketones (excluding diaryl/α,β-unsaturated/α-hetero) is 1. The molecule has 7 fully saturated rings. The number of ether oxygens (including phenoxy) is 9. The summed E-state index contributed by atoms with van der Waals surface area (Å²) in [6.07, 6.45) is -19.2. The van der Waals surface area contributed by atoms with E-state index in [4.69, 9.17) is 78.4 Å². The van der Waals surface area contributed by atoms with Gasteiger partial charge in [0.15, 0.2) is 5.78 Å². The Bertz CT molecular complexity index is 1210. The van der Waals surface area contributed by atoms with Gasteiger partial charge in [-0.2, -0.15) is 0 Å². The van der Waals surface area contributed by atoms with Gasteiger partial charge in [0.1, 0.15) is 125 Å². The van der Waals surface area contributed by atoms with Crippen molar-refractivity contribution in [1.82, 2.24) is 0 Å². The van der Waals surface area contributed by atoms with E-state index in [1.54, 1.807) is 0 Å². The van der Waals surface area contributed by atoms with Crippen molar-refractivity contribution in [3.05, 3.63) is 0 Å². The van der Waals surface area contributed by atoms with Crippen molar-refractivity contribution in [2.45, 2.75) is 115 Å². The molecule has 7 aliphatic rings. The van der Waals surface area contributed by atoms with Crippen LogP contribution in [0.15, 0.2) is 0 Å². The van der Waals surface area contributed by atoms with E-state index in [0.29, 0.717) is 0 Å². The first-order valence-corrected chi connectivity index (χ1v) is 17.2. The fourth-order valence-electron chi connectivity index (χ4n) is 7.01. The van der Waals surface area contributed by atoms with Gasteiger partial charge in [-0.15, -0.1) is 0 Å². The Hall–Kier alpha value is -1.29. The van der Waals surface area contributed by atoms with Gasteiger partial charge < -0.3 is 119 Å². The Balaban J connectivity index is 0.000000168. The molecule has 0 amide bonds. The van der Waals surface area contributed by atoms with Crippen molar-refractivity contribution in [2.75, 3.05) is 66.1 Å². The number of fused-ring (bicyclic) bond motifs is 2. The van der Waals surface area contributed by atoms with Crippen LogP contribution in [0.4, 0.5) is 0 Å². The molecule has 7 aliphatic heterocycles. The van der Waals surface area contributed by atoms with Gasteiger partial charge in [-0.05, 0) is 0 Å². The van der Waals surface area contributed by atoms with E-state index in [9.17, 15) is 45.6 Å². The maximum absolute atomic E-state index is 10.6. The lowest BCUT2D eigenvalue weighted by Crippen LogP contribution is -2.63. The van der Waals surface area contributed by atoms with Gasteiger partial charge in [0.05, 0.1) is 33.0 Å². The Morgan fingerprint density at radius 1 is 0.473 bits per heavy atom. The molecule has 19 atom stereocenters. The summed E-state index contributed by atoms with van der Waals surface area (Å²) < 4.78 is 47.0. The Kier molecular flexibility index (Phi) is 14.3. The summed E-state index contributed by atoms with van der Waals surface area (Å²) in [4.78, 5) is 10.6. The highest BCUT2D eigenvalue weighted by molar-refractivity contribution is 5.85. The van der Waals surface area contributed by atoms with E-state index in [0.717, 1.165) is 0 Å². The second-order valence-corrected chi connectivity index (χ2v) is 14.0. The molecule has 55 heavy (non-hydrogen) atoms. The van der Waals surface area contributed by atoms with Crippen LogP contribution in [0.2, 0.25) is 0 Å². The molecule has 7 rings (SSSR count). The van der Waals surface area contributed by atoms with E-state index in [2.05, 4.69) is 0 Å². The lowest BCUT2D eigenvalue weighted by Gasteiger charge is -2.42. The number of carbonyl (C=O) groups excluding carboxylic acids is 1. The molecule has 320 valence electrons. The van der Waals surface area contributed by atoms with Crippen molar-refractivity contribution in [3.8, 4) is 0 Å². The maximum atomic E-state index is 10.6. The van der Waals surface area contributed by atoms with E-state index >= 15 is 0 Å². The molecule has 25 nitrogen and oxygen atoms in total. The molecule has 25 heteroatoms. The standard InChI is InChI=1S/2C12H20O10.C6H10O5/c2*13-1-5-7(15)9(17)12(4-20-5)21-10-8(16)6(2-14)19-3-11(10,18)22-12;7-1-4-6(10)5(9)3(8)2-11-4/h2*5-10,13-18H,1-4H2;4-7,9-10H,1-2H2/t5-,6-,7-,8-,9+,10+,11-,12+;5-,6-,7-,8-,9+,10+,11-,12-;4-,5-,6-/m111/s1. The summed E-state index contributed by atoms with van der Waals surface area (Å²) in [5.74, 6) is -8.47. The third kappa shape index (κ3) is 8.31. The Morgan fingerprint density at radius 2 is 0.800 bits per heavy atom. The van der Waals surface area contributed by atoms with Crippen molar-refractivity contribution >= 4 is 5.78 Å². The molecule has 0 aromatic heterocycles. The number of rotatable bonds is 5. The highest BCUT2D eigenvalue weighted by Gasteiger charge is 2.69. The van der Waals surface area contributed by atoms with Crippen LogP contribution in [0.3, 0.4) is 0 Å². The average molecular weight is 811 g/mol. The summed E-state index contributed by atoms with van der Waals surface area (Å²) in [5.41, 5.74) is 0. The Morgan fingerprint density at radius 3 is 1.16 bits per heavy atom. The minimum Gasteiger partial charge on any atom is -0.394 e. The summed E-state index contributed by atoms with van der Waals surface area (Å²) >= 11 is 0. The lowest BCUT2D eigenvalue weighted by atomic mass is 9.97. The third-order valence-corrected chi connectivity index (χ3v) is 10.3. The van der Waals surface area contributed by atoms with Gasteiger partial charge in [-0.1, -0.05) is 0 Å². The van der Waals surface area contributed by atoms with Crippen LogP contribution in [-0.2, 0) is 47.4 Å². The molecule has 0 bridgehead atoms. The number of carbonyl (C=O) groups is 1. The fourth-order valence-corrected chi connectivity index (χ4v) is 7.01. The maximum Gasteiger partial charge on any atom is 0.224 e. The van der Waals surface area contributed by atoms with Gasteiger partial charge in [0, 0.05) is 0 Å². The van der Waals surface area contributed by atoms with Crippen LogP contribution in [0.5, 0.6) is 0 Å². The molecule has 15 N–H and O–H groups in total. The number of hydrogen-bond acceptors (Lipinski definition) is 25. The lowest BCUT2D eigenvalue weighted by molar-refractivity contribution is -0.349. The fraction of sp³-hybridized carbons (Fsp3) is 0.967. The van der Waals surface area contributed by atoms with Gasteiger partial charge in [0.2, 0.25) is 23.1 Å². The van der Waals surface area contributed by atoms with Crippen molar-refractivity contribution in [1.29, 1.82) is 0 Å². The minimum absolute atomic E-state index is 0.247. The molecule has 7 saturated heterocycles. The van der Waals surface area contributed by atoms with Gasteiger partial charge in [-0.3, -0.25) is 4.79 Å². The third-order valence-electron chi connectivity index (χ3n) is 10.3.